The molecule has 2 heterocycles. The number of hydrogen-bond donors (Lipinski definition) is 1. The summed E-state index contributed by atoms with van der Waals surface area (Å²) in [6.45, 7) is 4.96. The van der Waals surface area contributed by atoms with Crippen molar-refractivity contribution < 1.29 is 9.47 Å². The number of ether oxygens (including phenoxy) is 2. The summed E-state index contributed by atoms with van der Waals surface area (Å²) in [5.74, 6) is 0.665. The van der Waals surface area contributed by atoms with Crippen LogP contribution in [-0.4, -0.2) is 29.3 Å². The largest absolute Gasteiger partial charge is 0.474 e. The highest BCUT2D eigenvalue weighted by Crippen LogP contribution is 2.26. The first-order valence-electron chi connectivity index (χ1n) is 7.80. The molecule has 2 aliphatic rings. The number of pyridine rings is 1. The van der Waals surface area contributed by atoms with Gasteiger partial charge >= 0.3 is 0 Å². The maximum Gasteiger partial charge on any atom is 0.213 e. The van der Waals surface area contributed by atoms with E-state index in [0.29, 0.717) is 16.9 Å². The Morgan fingerprint density at radius 1 is 1.33 bits per heavy atom. The van der Waals surface area contributed by atoms with Crippen LogP contribution < -0.4 is 10.1 Å². The van der Waals surface area contributed by atoms with Gasteiger partial charge in [-0.2, -0.15) is 0 Å². The highest BCUT2D eigenvalue weighted by atomic mass is 35.5. The van der Waals surface area contributed by atoms with Gasteiger partial charge in [0, 0.05) is 37.7 Å². The molecule has 3 rings (SSSR count). The topological polar surface area (TPSA) is 43.4 Å². The van der Waals surface area contributed by atoms with E-state index in [2.05, 4.69) is 24.1 Å². The third-order valence-corrected chi connectivity index (χ3v) is 4.35. The van der Waals surface area contributed by atoms with Gasteiger partial charge in [0.25, 0.3) is 0 Å². The zero-order chi connectivity index (χ0) is 14.8. The van der Waals surface area contributed by atoms with Crippen LogP contribution in [0.1, 0.15) is 45.1 Å². The Kier molecular flexibility index (Phi) is 4.67. The highest BCUT2D eigenvalue weighted by molar-refractivity contribution is 6.31. The first-order valence-corrected chi connectivity index (χ1v) is 8.18. The molecule has 1 aromatic rings. The highest BCUT2D eigenvalue weighted by Gasteiger charge is 2.26. The minimum absolute atomic E-state index is 0.168. The molecule has 1 aliphatic heterocycles. The molecule has 0 amide bonds. The molecule has 1 saturated heterocycles. The summed E-state index contributed by atoms with van der Waals surface area (Å²) < 4.78 is 11.8. The van der Waals surface area contributed by atoms with Crippen LogP contribution in [0.3, 0.4) is 0 Å². The maximum absolute atomic E-state index is 6.21. The van der Waals surface area contributed by atoms with Crippen molar-refractivity contribution in [2.75, 3.05) is 0 Å². The molecule has 4 nitrogen and oxygen atoms in total. The molecule has 1 aromatic heterocycles. The van der Waals surface area contributed by atoms with Crippen LogP contribution in [0.25, 0.3) is 0 Å². The molecule has 21 heavy (non-hydrogen) atoms. The summed E-state index contributed by atoms with van der Waals surface area (Å²) in [6, 6.07) is 2.62. The molecular weight excluding hydrogens is 288 g/mol. The van der Waals surface area contributed by atoms with E-state index >= 15 is 0 Å². The molecule has 1 saturated carbocycles. The van der Waals surface area contributed by atoms with E-state index in [1.165, 1.54) is 12.8 Å². The quantitative estimate of drug-likeness (QED) is 0.906. The minimum Gasteiger partial charge on any atom is -0.474 e. The van der Waals surface area contributed by atoms with Crippen LogP contribution in [0.2, 0.25) is 5.02 Å². The van der Waals surface area contributed by atoms with E-state index in [9.17, 15) is 0 Å². The van der Waals surface area contributed by atoms with Crippen molar-refractivity contribution in [2.45, 2.75) is 70.4 Å². The van der Waals surface area contributed by atoms with Gasteiger partial charge in [0.1, 0.15) is 6.10 Å². The van der Waals surface area contributed by atoms with Gasteiger partial charge < -0.3 is 14.8 Å². The Morgan fingerprint density at radius 3 is 2.71 bits per heavy atom. The first-order chi connectivity index (χ1) is 10.1. The van der Waals surface area contributed by atoms with E-state index in [1.807, 2.05) is 6.07 Å². The molecule has 1 aliphatic carbocycles. The number of hydrogen-bond acceptors (Lipinski definition) is 4. The van der Waals surface area contributed by atoms with Gasteiger partial charge in [-0.05, 0) is 32.3 Å². The third kappa shape index (κ3) is 4.31. The number of rotatable bonds is 5. The lowest BCUT2D eigenvalue weighted by molar-refractivity contribution is -0.0729. The predicted molar refractivity (Wildman–Crippen MR) is 82.8 cm³/mol. The zero-order valence-electron chi connectivity index (χ0n) is 12.6. The summed E-state index contributed by atoms with van der Waals surface area (Å²) in [5, 5.41) is 4.17. The van der Waals surface area contributed by atoms with Crippen molar-refractivity contribution in [3.8, 4) is 5.88 Å². The van der Waals surface area contributed by atoms with Crippen molar-refractivity contribution in [2.24, 2.45) is 0 Å². The van der Waals surface area contributed by atoms with Gasteiger partial charge in [-0.15, -0.1) is 0 Å². The van der Waals surface area contributed by atoms with E-state index < -0.39 is 0 Å². The summed E-state index contributed by atoms with van der Waals surface area (Å²) in [5.41, 5.74) is 1.06. The Labute approximate surface area is 131 Å². The van der Waals surface area contributed by atoms with Gasteiger partial charge in [0.05, 0.1) is 17.2 Å². The lowest BCUT2D eigenvalue weighted by Gasteiger charge is -2.32. The molecule has 1 N–H and O–H groups in total. The van der Waals surface area contributed by atoms with Crippen LogP contribution in [0.5, 0.6) is 5.88 Å². The Bertz CT molecular complexity index is 483. The second-order valence-electron chi connectivity index (χ2n) is 6.24. The standard InChI is InChI=1S/C16H23ClN2O2/c1-10-5-14(6-11(2)20-10)21-16-7-12(15(17)9-19-16)8-18-13-3-4-13/h7,9-11,13-14,18H,3-6,8H2,1-2H3. The fourth-order valence-corrected chi connectivity index (χ4v) is 2.98. The normalized spacial score (nSPS) is 29.4. The number of nitrogens with one attached hydrogen (secondary N) is 1. The first kappa shape index (κ1) is 15.1. The number of nitrogens with zero attached hydrogens (tertiary/aromatic N) is 1. The lowest BCUT2D eigenvalue weighted by Crippen LogP contribution is -2.35. The van der Waals surface area contributed by atoms with Crippen LogP contribution in [-0.2, 0) is 11.3 Å². The van der Waals surface area contributed by atoms with E-state index in [1.54, 1.807) is 6.20 Å². The molecular formula is C16H23ClN2O2. The average Bonchev–Trinajstić information content (AvgIpc) is 3.22. The van der Waals surface area contributed by atoms with Crippen LogP contribution in [0, 0.1) is 0 Å². The molecule has 5 heteroatoms. The monoisotopic (exact) mass is 310 g/mol. The Hall–Kier alpha value is -0.840. The van der Waals surface area contributed by atoms with Crippen molar-refractivity contribution in [1.29, 1.82) is 0 Å². The molecule has 0 spiro atoms. The Morgan fingerprint density at radius 2 is 2.05 bits per heavy atom. The minimum atomic E-state index is 0.168. The van der Waals surface area contributed by atoms with Crippen LogP contribution >= 0.6 is 11.6 Å². The SMILES string of the molecule is CC1CC(Oc2cc(CNC3CC3)c(Cl)cn2)CC(C)O1. The second-order valence-corrected chi connectivity index (χ2v) is 6.64. The molecule has 0 bridgehead atoms. The van der Waals surface area contributed by atoms with Crippen molar-refractivity contribution >= 4 is 11.6 Å². The van der Waals surface area contributed by atoms with Crippen molar-refractivity contribution in [3.05, 3.63) is 22.8 Å². The molecule has 0 aromatic carbocycles. The summed E-state index contributed by atoms with van der Waals surface area (Å²) >= 11 is 6.21. The van der Waals surface area contributed by atoms with E-state index in [-0.39, 0.29) is 18.3 Å². The van der Waals surface area contributed by atoms with Gasteiger partial charge in [-0.25, -0.2) is 4.98 Å². The summed E-state index contributed by atoms with van der Waals surface area (Å²) in [7, 11) is 0. The maximum atomic E-state index is 6.21. The molecule has 0 radical (unpaired) electrons. The van der Waals surface area contributed by atoms with Gasteiger partial charge in [-0.3, -0.25) is 0 Å². The van der Waals surface area contributed by atoms with Crippen LogP contribution in [0.15, 0.2) is 12.3 Å². The Balaban J connectivity index is 1.62. The molecule has 2 atom stereocenters. The van der Waals surface area contributed by atoms with Gasteiger partial charge in [0.2, 0.25) is 5.88 Å². The van der Waals surface area contributed by atoms with E-state index in [0.717, 1.165) is 24.9 Å². The number of halogens is 1. The zero-order valence-corrected chi connectivity index (χ0v) is 13.4. The molecule has 2 unspecified atom stereocenters. The summed E-state index contributed by atoms with van der Waals surface area (Å²) in [6.07, 6.45) is 6.68. The molecule has 2 fully saturated rings. The van der Waals surface area contributed by atoms with Crippen LogP contribution in [0.4, 0.5) is 0 Å². The fraction of sp³-hybridized carbons (Fsp3) is 0.688. The smallest absolute Gasteiger partial charge is 0.213 e. The summed E-state index contributed by atoms with van der Waals surface area (Å²) in [4.78, 5) is 4.30. The predicted octanol–water partition coefficient (Wildman–Crippen LogP) is 3.32. The average molecular weight is 311 g/mol. The fourth-order valence-electron chi connectivity index (χ4n) is 2.81. The third-order valence-electron chi connectivity index (χ3n) is 4.01. The van der Waals surface area contributed by atoms with Gasteiger partial charge in [0.15, 0.2) is 0 Å². The lowest BCUT2D eigenvalue weighted by atomic mass is 10.0. The van der Waals surface area contributed by atoms with E-state index in [4.69, 9.17) is 21.1 Å². The second kappa shape index (κ2) is 6.51. The number of aromatic nitrogens is 1. The molecule has 116 valence electrons. The van der Waals surface area contributed by atoms with Crippen molar-refractivity contribution in [3.63, 3.8) is 0 Å². The van der Waals surface area contributed by atoms with Gasteiger partial charge in [-0.1, -0.05) is 11.6 Å². The van der Waals surface area contributed by atoms with Crippen molar-refractivity contribution in [1.82, 2.24) is 10.3 Å².